The summed E-state index contributed by atoms with van der Waals surface area (Å²) in [7, 11) is 0. The first-order valence-corrected chi connectivity index (χ1v) is 7.30. The van der Waals surface area contributed by atoms with Gasteiger partial charge >= 0.3 is 0 Å². The molecule has 2 nitrogen and oxygen atoms in total. The van der Waals surface area contributed by atoms with E-state index in [1.54, 1.807) is 12.1 Å². The fourth-order valence-electron chi connectivity index (χ4n) is 3.01. The predicted molar refractivity (Wildman–Crippen MR) is 78.0 cm³/mol. The molecule has 2 aliphatic carbocycles. The van der Waals surface area contributed by atoms with E-state index in [9.17, 15) is 9.18 Å². The van der Waals surface area contributed by atoms with Gasteiger partial charge in [0.2, 0.25) is 5.91 Å². The summed E-state index contributed by atoms with van der Waals surface area (Å²) in [6.45, 7) is 0. The number of amides is 1. The van der Waals surface area contributed by atoms with Gasteiger partial charge < -0.3 is 5.32 Å². The van der Waals surface area contributed by atoms with Crippen molar-refractivity contribution in [3.8, 4) is 0 Å². The van der Waals surface area contributed by atoms with Crippen molar-refractivity contribution in [3.05, 3.63) is 71.5 Å². The number of hydrogen-bond acceptors (Lipinski definition) is 1. The monoisotopic (exact) mass is 281 g/mol. The molecule has 2 aromatic rings. The van der Waals surface area contributed by atoms with E-state index in [1.165, 1.54) is 12.1 Å². The van der Waals surface area contributed by atoms with Gasteiger partial charge in [-0.2, -0.15) is 0 Å². The number of carbonyl (C=O) groups excluding carboxylic acids is 1. The molecule has 0 spiro atoms. The van der Waals surface area contributed by atoms with Crippen LogP contribution in [0.1, 0.15) is 30.0 Å². The highest BCUT2D eigenvalue weighted by Gasteiger charge is 2.74. The Morgan fingerprint density at radius 3 is 2.19 bits per heavy atom. The molecule has 0 bridgehead atoms. The molecule has 2 aliphatic rings. The third-order valence-corrected chi connectivity index (χ3v) is 4.75. The number of carbonyl (C=O) groups is 1. The van der Waals surface area contributed by atoms with Crippen LogP contribution < -0.4 is 5.32 Å². The molecular formula is C18H16FNO. The van der Waals surface area contributed by atoms with Gasteiger partial charge in [0.1, 0.15) is 5.82 Å². The minimum absolute atomic E-state index is 0.0624. The zero-order valence-corrected chi connectivity index (χ0v) is 11.6. The van der Waals surface area contributed by atoms with Crippen molar-refractivity contribution < 1.29 is 9.18 Å². The Labute approximate surface area is 123 Å². The standard InChI is InChI=1S/C18H16FNO/c19-15-8-6-13(7-9-15)16(12-4-2-1-3-5-12)20-17(21)18-10-14(18)11-18/h1-9,14,16H,10-11H2,(H,20,21). The van der Waals surface area contributed by atoms with Crippen molar-refractivity contribution in [1.29, 1.82) is 0 Å². The Morgan fingerprint density at radius 2 is 1.62 bits per heavy atom. The summed E-state index contributed by atoms with van der Waals surface area (Å²) in [5.74, 6) is 0.493. The Hall–Kier alpha value is -2.16. The molecule has 2 aromatic carbocycles. The maximum atomic E-state index is 13.1. The van der Waals surface area contributed by atoms with Crippen LogP contribution in [0.25, 0.3) is 0 Å². The van der Waals surface area contributed by atoms with Crippen molar-refractivity contribution in [2.24, 2.45) is 11.3 Å². The summed E-state index contributed by atoms with van der Waals surface area (Å²) in [5.41, 5.74) is 1.87. The van der Waals surface area contributed by atoms with Crippen LogP contribution in [-0.2, 0) is 4.79 Å². The van der Waals surface area contributed by atoms with Crippen LogP contribution in [0.3, 0.4) is 0 Å². The average molecular weight is 281 g/mol. The van der Waals surface area contributed by atoms with E-state index < -0.39 is 0 Å². The van der Waals surface area contributed by atoms with E-state index in [2.05, 4.69) is 5.32 Å². The molecule has 1 N–H and O–H groups in total. The Bertz CT molecular complexity index is 674. The molecule has 3 heteroatoms. The molecule has 2 saturated carbocycles. The van der Waals surface area contributed by atoms with Gasteiger partial charge in [0.05, 0.1) is 11.5 Å². The molecule has 1 atom stereocenters. The molecule has 106 valence electrons. The molecule has 2 fully saturated rings. The number of rotatable bonds is 4. The predicted octanol–water partition coefficient (Wildman–Crippen LogP) is 3.44. The molecule has 0 radical (unpaired) electrons. The van der Waals surface area contributed by atoms with Gasteiger partial charge in [-0.1, -0.05) is 42.5 Å². The smallest absolute Gasteiger partial charge is 0.227 e. The van der Waals surface area contributed by atoms with Crippen LogP contribution in [-0.4, -0.2) is 5.91 Å². The first-order chi connectivity index (χ1) is 10.2. The number of benzene rings is 2. The lowest BCUT2D eigenvalue weighted by Gasteiger charge is -2.21. The van der Waals surface area contributed by atoms with Crippen molar-refractivity contribution in [2.45, 2.75) is 18.9 Å². The Kier molecular flexibility index (Phi) is 2.64. The van der Waals surface area contributed by atoms with Crippen molar-refractivity contribution >= 4 is 5.91 Å². The number of halogens is 1. The van der Waals surface area contributed by atoms with Crippen LogP contribution >= 0.6 is 0 Å². The van der Waals surface area contributed by atoms with Crippen LogP contribution in [0, 0.1) is 17.2 Å². The second kappa shape index (κ2) is 4.42. The lowest BCUT2D eigenvalue weighted by molar-refractivity contribution is -0.124. The van der Waals surface area contributed by atoms with Crippen LogP contribution in [0.5, 0.6) is 0 Å². The van der Waals surface area contributed by atoms with Gasteiger partial charge in [0.15, 0.2) is 0 Å². The fourth-order valence-corrected chi connectivity index (χ4v) is 3.01. The number of fused-ring (bicyclic) bond motifs is 1. The fraction of sp³-hybridized carbons (Fsp3) is 0.278. The normalized spacial score (nSPS) is 26.6. The third-order valence-electron chi connectivity index (χ3n) is 4.75. The summed E-state index contributed by atoms with van der Waals surface area (Å²) in [5, 5.41) is 3.15. The molecule has 0 aromatic heterocycles. The maximum Gasteiger partial charge on any atom is 0.227 e. The summed E-state index contributed by atoms with van der Waals surface area (Å²) in [6, 6.07) is 16.0. The summed E-state index contributed by atoms with van der Waals surface area (Å²) < 4.78 is 13.1. The molecule has 0 aliphatic heterocycles. The average Bonchev–Trinajstić information content (AvgIpc) is 3.36. The van der Waals surface area contributed by atoms with Gasteiger partial charge in [-0.3, -0.25) is 4.79 Å². The van der Waals surface area contributed by atoms with Crippen LogP contribution in [0.4, 0.5) is 4.39 Å². The van der Waals surface area contributed by atoms with E-state index in [1.807, 2.05) is 30.3 Å². The minimum atomic E-state index is -0.264. The summed E-state index contributed by atoms with van der Waals surface area (Å²) in [6.07, 6.45) is 2.06. The van der Waals surface area contributed by atoms with E-state index in [4.69, 9.17) is 0 Å². The van der Waals surface area contributed by atoms with Crippen LogP contribution in [0.2, 0.25) is 0 Å². The van der Waals surface area contributed by atoms with Crippen molar-refractivity contribution in [3.63, 3.8) is 0 Å². The van der Waals surface area contributed by atoms with E-state index in [0.29, 0.717) is 5.92 Å². The lowest BCUT2D eigenvalue weighted by Crippen LogP contribution is -2.32. The molecule has 0 heterocycles. The molecule has 1 amide bonds. The first kappa shape index (κ1) is 12.6. The van der Waals surface area contributed by atoms with Gasteiger partial charge in [-0.05, 0) is 42.0 Å². The maximum absolute atomic E-state index is 13.1. The Balaban J connectivity index is 1.64. The largest absolute Gasteiger partial charge is 0.345 e. The highest BCUT2D eigenvalue weighted by Crippen LogP contribution is 2.75. The van der Waals surface area contributed by atoms with Gasteiger partial charge in [-0.15, -0.1) is 0 Å². The molecule has 4 rings (SSSR count). The van der Waals surface area contributed by atoms with Gasteiger partial charge in [0.25, 0.3) is 0 Å². The van der Waals surface area contributed by atoms with Crippen molar-refractivity contribution in [2.75, 3.05) is 0 Å². The molecule has 1 unspecified atom stereocenters. The van der Waals surface area contributed by atoms with E-state index >= 15 is 0 Å². The number of hydrogen-bond donors (Lipinski definition) is 1. The molecule has 21 heavy (non-hydrogen) atoms. The zero-order valence-electron chi connectivity index (χ0n) is 11.6. The molecular weight excluding hydrogens is 265 g/mol. The van der Waals surface area contributed by atoms with Gasteiger partial charge in [-0.25, -0.2) is 4.39 Å². The van der Waals surface area contributed by atoms with E-state index in [0.717, 1.165) is 24.0 Å². The first-order valence-electron chi connectivity index (χ1n) is 7.30. The summed E-state index contributed by atoms with van der Waals surface area (Å²) in [4.78, 5) is 12.4. The molecule has 0 saturated heterocycles. The van der Waals surface area contributed by atoms with Crippen molar-refractivity contribution in [1.82, 2.24) is 5.32 Å². The Morgan fingerprint density at radius 1 is 1.05 bits per heavy atom. The van der Waals surface area contributed by atoms with Crippen LogP contribution in [0.15, 0.2) is 54.6 Å². The second-order valence-electron chi connectivity index (χ2n) is 6.13. The van der Waals surface area contributed by atoms with Gasteiger partial charge in [0, 0.05) is 0 Å². The second-order valence-corrected chi connectivity index (χ2v) is 6.13. The quantitative estimate of drug-likeness (QED) is 0.914. The highest BCUT2D eigenvalue weighted by molar-refractivity contribution is 5.90. The highest BCUT2D eigenvalue weighted by atomic mass is 19.1. The zero-order chi connectivity index (χ0) is 14.4. The summed E-state index contributed by atoms with van der Waals surface area (Å²) >= 11 is 0. The minimum Gasteiger partial charge on any atom is -0.345 e. The number of nitrogens with one attached hydrogen (secondary N) is 1. The SMILES string of the molecule is O=C(NC(c1ccccc1)c1ccc(F)cc1)C12CC1C2. The topological polar surface area (TPSA) is 29.1 Å². The van der Waals surface area contributed by atoms with E-state index in [-0.39, 0.29) is 23.2 Å². The third kappa shape index (κ3) is 2.13. The lowest BCUT2D eigenvalue weighted by atomic mass is 9.98.